The number of carbonyl (C=O) groups excluding carboxylic acids is 1. The van der Waals surface area contributed by atoms with Gasteiger partial charge in [0, 0.05) is 18.7 Å². The van der Waals surface area contributed by atoms with Crippen molar-refractivity contribution in [2.45, 2.75) is 18.6 Å². The summed E-state index contributed by atoms with van der Waals surface area (Å²) in [5.74, 6) is -1.94. The number of nitrogens with zero attached hydrogens (tertiary/aromatic N) is 1. The lowest BCUT2D eigenvalue weighted by molar-refractivity contribution is -0.384. The number of nitrogens with one attached hydrogen (secondary N) is 2. The first-order chi connectivity index (χ1) is 12.8. The fourth-order valence-corrected chi connectivity index (χ4v) is 2.57. The van der Waals surface area contributed by atoms with Crippen molar-refractivity contribution in [3.05, 3.63) is 69.8 Å². The van der Waals surface area contributed by atoms with Crippen LogP contribution in [-0.4, -0.2) is 46.2 Å². The molecular formula is C18H19N3O6. The summed E-state index contributed by atoms with van der Waals surface area (Å²) in [6.07, 6.45) is -1.66. The van der Waals surface area contributed by atoms with Crippen molar-refractivity contribution >= 4 is 23.3 Å². The summed E-state index contributed by atoms with van der Waals surface area (Å²) >= 11 is 0. The van der Waals surface area contributed by atoms with Crippen molar-refractivity contribution < 1.29 is 24.7 Å². The molecule has 2 atom stereocenters. The second-order valence-electron chi connectivity index (χ2n) is 5.79. The predicted octanol–water partition coefficient (Wildman–Crippen LogP) is 1.42. The van der Waals surface area contributed by atoms with E-state index >= 15 is 0 Å². The summed E-state index contributed by atoms with van der Waals surface area (Å²) in [7, 11) is 1.40. The van der Waals surface area contributed by atoms with Gasteiger partial charge in [0.1, 0.15) is 5.69 Å². The number of rotatable bonds is 8. The fourth-order valence-electron chi connectivity index (χ4n) is 2.57. The van der Waals surface area contributed by atoms with E-state index in [1.54, 1.807) is 30.3 Å². The van der Waals surface area contributed by atoms with Crippen molar-refractivity contribution in [2.75, 3.05) is 12.4 Å². The number of nitro groups is 1. The molecule has 0 aliphatic rings. The number of hydrogen-bond donors (Lipinski definition) is 4. The molecule has 0 aromatic heterocycles. The van der Waals surface area contributed by atoms with Crippen LogP contribution in [-0.2, 0) is 11.2 Å². The number of benzene rings is 2. The largest absolute Gasteiger partial charge is 0.479 e. The maximum absolute atomic E-state index is 11.7. The zero-order valence-electron chi connectivity index (χ0n) is 14.5. The molecular weight excluding hydrogens is 354 g/mol. The van der Waals surface area contributed by atoms with E-state index < -0.39 is 34.6 Å². The molecule has 2 rings (SSSR count). The zero-order valence-corrected chi connectivity index (χ0v) is 14.5. The Kier molecular flexibility index (Phi) is 6.45. The van der Waals surface area contributed by atoms with Crippen LogP contribution in [0, 0.1) is 10.1 Å². The van der Waals surface area contributed by atoms with Gasteiger partial charge < -0.3 is 20.8 Å². The molecule has 4 N–H and O–H groups in total. The molecule has 142 valence electrons. The van der Waals surface area contributed by atoms with E-state index in [1.165, 1.54) is 19.2 Å². The Morgan fingerprint density at radius 2 is 1.85 bits per heavy atom. The molecule has 0 saturated carbocycles. The van der Waals surface area contributed by atoms with Gasteiger partial charge in [-0.1, -0.05) is 30.3 Å². The molecule has 0 aliphatic heterocycles. The highest BCUT2D eigenvalue weighted by atomic mass is 16.6. The summed E-state index contributed by atoms with van der Waals surface area (Å²) in [5, 5.41) is 35.7. The van der Waals surface area contributed by atoms with Gasteiger partial charge in [0.25, 0.3) is 11.6 Å². The molecule has 2 aromatic rings. The lowest BCUT2D eigenvalue weighted by Gasteiger charge is -2.23. The smallest absolute Gasteiger partial charge is 0.334 e. The number of carboxylic acid groups (broad SMARTS) is 1. The molecule has 0 aliphatic carbocycles. The third-order valence-electron chi connectivity index (χ3n) is 3.96. The Morgan fingerprint density at radius 3 is 2.41 bits per heavy atom. The number of carboxylic acids is 1. The Balaban J connectivity index is 2.36. The minimum absolute atomic E-state index is 0.00823. The third kappa shape index (κ3) is 5.02. The van der Waals surface area contributed by atoms with Gasteiger partial charge in [0.15, 0.2) is 6.10 Å². The van der Waals surface area contributed by atoms with Crippen LogP contribution >= 0.6 is 0 Å². The monoisotopic (exact) mass is 373 g/mol. The van der Waals surface area contributed by atoms with Crippen molar-refractivity contribution in [3.63, 3.8) is 0 Å². The van der Waals surface area contributed by atoms with Crippen LogP contribution in [0.25, 0.3) is 0 Å². The first kappa shape index (κ1) is 19.9. The van der Waals surface area contributed by atoms with Gasteiger partial charge in [-0.3, -0.25) is 14.9 Å². The van der Waals surface area contributed by atoms with Crippen LogP contribution in [0.3, 0.4) is 0 Å². The molecule has 0 fully saturated rings. The van der Waals surface area contributed by atoms with E-state index in [0.29, 0.717) is 0 Å². The molecule has 9 heteroatoms. The molecule has 27 heavy (non-hydrogen) atoms. The SMILES string of the molecule is CNC(=O)c1ccc(N[C@H](Cc2ccccc2)[C@H](O)C(=O)O)c([N+](=O)[O-])c1. The highest BCUT2D eigenvalue weighted by Crippen LogP contribution is 2.27. The second kappa shape index (κ2) is 8.77. The van der Waals surface area contributed by atoms with Crippen molar-refractivity contribution in [2.24, 2.45) is 0 Å². The molecule has 2 aromatic carbocycles. The number of anilines is 1. The van der Waals surface area contributed by atoms with Crippen LogP contribution in [0.2, 0.25) is 0 Å². The number of amides is 1. The Hall–Kier alpha value is -3.46. The molecule has 9 nitrogen and oxygen atoms in total. The highest BCUT2D eigenvalue weighted by molar-refractivity contribution is 5.95. The van der Waals surface area contributed by atoms with E-state index in [9.17, 15) is 24.8 Å². The molecule has 0 unspecified atom stereocenters. The minimum Gasteiger partial charge on any atom is -0.479 e. The van der Waals surface area contributed by atoms with Gasteiger partial charge >= 0.3 is 5.97 Å². The number of nitro benzene ring substituents is 1. The second-order valence-corrected chi connectivity index (χ2v) is 5.79. The summed E-state index contributed by atoms with van der Waals surface area (Å²) in [4.78, 5) is 33.6. The fraction of sp³-hybridized carbons (Fsp3) is 0.222. The van der Waals surface area contributed by atoms with Gasteiger partial charge in [-0.15, -0.1) is 0 Å². The maximum atomic E-state index is 11.7. The molecule has 0 radical (unpaired) electrons. The number of aliphatic carboxylic acids is 1. The van der Waals surface area contributed by atoms with Crippen molar-refractivity contribution in [1.29, 1.82) is 0 Å². The lowest BCUT2D eigenvalue weighted by Crippen LogP contribution is -2.41. The average molecular weight is 373 g/mol. The standard InChI is InChI=1S/C18H19N3O6/c1-19-17(23)12-7-8-13(15(10-12)21(26)27)20-14(16(22)18(24)25)9-11-5-3-2-4-6-11/h2-8,10,14,16,20,22H,9H2,1H3,(H,19,23)(H,24,25)/t14-,16+/m1/s1. The van der Waals surface area contributed by atoms with Crippen molar-refractivity contribution in [1.82, 2.24) is 5.32 Å². The summed E-state index contributed by atoms with van der Waals surface area (Å²) in [5.41, 5.74) is 0.453. The lowest BCUT2D eigenvalue weighted by atomic mass is 10.0. The van der Waals surface area contributed by atoms with Crippen LogP contribution in [0.1, 0.15) is 15.9 Å². The van der Waals surface area contributed by atoms with Gasteiger partial charge in [0.05, 0.1) is 11.0 Å². The normalized spacial score (nSPS) is 12.7. The Morgan fingerprint density at radius 1 is 1.19 bits per heavy atom. The first-order valence-corrected chi connectivity index (χ1v) is 8.05. The maximum Gasteiger partial charge on any atom is 0.334 e. The average Bonchev–Trinajstić information content (AvgIpc) is 2.67. The van der Waals surface area contributed by atoms with E-state index in [-0.39, 0.29) is 17.7 Å². The number of hydrogen-bond acceptors (Lipinski definition) is 6. The topological polar surface area (TPSA) is 142 Å². The van der Waals surface area contributed by atoms with Crippen LogP contribution in [0.5, 0.6) is 0 Å². The molecule has 0 heterocycles. The summed E-state index contributed by atoms with van der Waals surface area (Å²) < 4.78 is 0. The minimum atomic E-state index is -1.79. The number of carbonyl (C=O) groups is 2. The van der Waals surface area contributed by atoms with Crippen molar-refractivity contribution in [3.8, 4) is 0 Å². The highest BCUT2D eigenvalue weighted by Gasteiger charge is 2.28. The quantitative estimate of drug-likeness (QED) is 0.405. The van der Waals surface area contributed by atoms with E-state index in [4.69, 9.17) is 5.11 Å². The summed E-state index contributed by atoms with van der Waals surface area (Å²) in [6, 6.07) is 11.6. The van der Waals surface area contributed by atoms with Gasteiger partial charge in [-0.25, -0.2) is 4.79 Å². The van der Waals surface area contributed by atoms with E-state index in [1.807, 2.05) is 0 Å². The third-order valence-corrected chi connectivity index (χ3v) is 3.96. The number of aliphatic hydroxyl groups excluding tert-OH is 1. The zero-order chi connectivity index (χ0) is 20.0. The number of aliphatic hydroxyl groups is 1. The molecule has 0 spiro atoms. The van der Waals surface area contributed by atoms with Crippen LogP contribution in [0.15, 0.2) is 48.5 Å². The van der Waals surface area contributed by atoms with Gasteiger partial charge in [0.2, 0.25) is 0 Å². The molecule has 0 bridgehead atoms. The first-order valence-electron chi connectivity index (χ1n) is 8.05. The van der Waals surface area contributed by atoms with E-state index in [2.05, 4.69) is 10.6 Å². The molecule has 0 saturated heterocycles. The Labute approximate surface area is 154 Å². The Bertz CT molecular complexity index is 840. The summed E-state index contributed by atoms with van der Waals surface area (Å²) in [6.45, 7) is 0. The van der Waals surface area contributed by atoms with Crippen LogP contribution in [0.4, 0.5) is 11.4 Å². The van der Waals surface area contributed by atoms with Gasteiger partial charge in [-0.2, -0.15) is 0 Å². The van der Waals surface area contributed by atoms with Crippen LogP contribution < -0.4 is 10.6 Å². The van der Waals surface area contributed by atoms with Gasteiger partial charge in [-0.05, 0) is 24.1 Å². The van der Waals surface area contributed by atoms with E-state index in [0.717, 1.165) is 11.6 Å². The molecule has 1 amide bonds. The predicted molar refractivity (Wildman–Crippen MR) is 97.7 cm³/mol.